The Balaban J connectivity index is 1.65. The lowest BCUT2D eigenvalue weighted by atomic mass is 9.47. The summed E-state index contributed by atoms with van der Waals surface area (Å²) >= 11 is 1.38. The molecule has 0 radical (unpaired) electrons. The third-order valence-corrected chi connectivity index (χ3v) is 9.55. The molecule has 0 bridgehead atoms. The number of thiazole rings is 1. The third kappa shape index (κ3) is 4.62. The fraction of sp³-hybridized carbons (Fsp3) is 0.720. The summed E-state index contributed by atoms with van der Waals surface area (Å²) in [7, 11) is 0. The second kappa shape index (κ2) is 9.95. The highest BCUT2D eigenvalue weighted by molar-refractivity contribution is 7.15. The van der Waals surface area contributed by atoms with Crippen LogP contribution >= 0.6 is 11.3 Å². The van der Waals surface area contributed by atoms with Gasteiger partial charge < -0.3 is 20.3 Å². The molecule has 2 fully saturated rings. The Hall–Kier alpha value is -1.97. The summed E-state index contributed by atoms with van der Waals surface area (Å²) in [5.41, 5.74) is -0.141. The van der Waals surface area contributed by atoms with Gasteiger partial charge in [0.15, 0.2) is 5.13 Å². The number of hydrogen-bond donors (Lipinski definition) is 4. The lowest BCUT2D eigenvalue weighted by Crippen LogP contribution is -2.57. The Bertz CT molecular complexity index is 930. The number of amides is 2. The van der Waals surface area contributed by atoms with Crippen molar-refractivity contribution in [3.05, 3.63) is 23.2 Å². The number of hydrogen-bond acceptors (Lipinski definition) is 7. The van der Waals surface area contributed by atoms with Crippen LogP contribution in [0.5, 0.6) is 0 Å². The van der Waals surface area contributed by atoms with Gasteiger partial charge in [-0.2, -0.15) is 0 Å². The average molecular weight is 492 g/mol. The molecule has 9 heteroatoms. The third-order valence-electron chi connectivity index (χ3n) is 8.54. The van der Waals surface area contributed by atoms with Crippen molar-refractivity contribution in [2.75, 3.05) is 18.5 Å². The molecule has 3 aliphatic carbocycles. The topological polar surface area (TPSA) is 121 Å². The van der Waals surface area contributed by atoms with Crippen molar-refractivity contribution >= 4 is 28.5 Å². The standard InChI is InChI=1S/C25H37N3O5S/c1-4-11-33-23(32)28-22-27-21-16(12-20(31)26-15-7-5-6-8-15)24(2)10-9-19(30)25(3,14-29)18(24)13-17(21)34-22/h4,15-16,18-19,29-30H,1,5-14H2,2-3H3,(H,26,31)(H,27,28,32)/t16-,18+,19-,24+,25+/m1/s1. The van der Waals surface area contributed by atoms with Gasteiger partial charge in [-0.05, 0) is 43.4 Å². The molecule has 0 unspecified atom stereocenters. The zero-order valence-electron chi connectivity index (χ0n) is 20.1. The number of fused-ring (bicyclic) bond motifs is 2. The highest BCUT2D eigenvalue weighted by Gasteiger charge is 2.59. The van der Waals surface area contributed by atoms with E-state index >= 15 is 0 Å². The number of aliphatic hydroxyl groups is 2. The first-order valence-electron chi connectivity index (χ1n) is 12.3. The van der Waals surface area contributed by atoms with Crippen LogP contribution in [0.1, 0.15) is 75.3 Å². The number of aromatic nitrogens is 1. The van der Waals surface area contributed by atoms with Crippen molar-refractivity contribution in [1.82, 2.24) is 10.3 Å². The van der Waals surface area contributed by atoms with E-state index in [0.29, 0.717) is 24.4 Å². The Morgan fingerprint density at radius 3 is 2.71 bits per heavy atom. The van der Waals surface area contributed by atoms with Crippen LogP contribution in [0.3, 0.4) is 0 Å². The van der Waals surface area contributed by atoms with Crippen molar-refractivity contribution < 1.29 is 24.5 Å². The fourth-order valence-electron chi connectivity index (χ4n) is 6.50. The van der Waals surface area contributed by atoms with Crippen LogP contribution < -0.4 is 10.6 Å². The number of anilines is 1. The summed E-state index contributed by atoms with van der Waals surface area (Å²) in [4.78, 5) is 31.0. The van der Waals surface area contributed by atoms with E-state index in [1.54, 1.807) is 0 Å². The molecule has 2 amide bonds. The number of nitrogens with zero attached hydrogens (tertiary/aromatic N) is 1. The molecule has 8 nitrogen and oxygen atoms in total. The highest BCUT2D eigenvalue weighted by atomic mass is 32.1. The number of carbonyl (C=O) groups excluding carboxylic acids is 2. The fourth-order valence-corrected chi connectivity index (χ4v) is 7.55. The average Bonchev–Trinajstić information content (AvgIpc) is 3.46. The van der Waals surface area contributed by atoms with Gasteiger partial charge in [0.2, 0.25) is 5.91 Å². The minimum atomic E-state index is -0.675. The SMILES string of the molecule is C=CCOC(=O)Nc1nc2c(s1)C[C@@H]1[C@](C)(CO)[C@H](O)CC[C@@]1(C)[C@@H]2CC(=O)NC1CCCC1. The maximum Gasteiger partial charge on any atom is 0.413 e. The maximum absolute atomic E-state index is 13.2. The summed E-state index contributed by atoms with van der Waals surface area (Å²) in [6.45, 7) is 7.66. The number of ether oxygens (including phenoxy) is 1. The summed E-state index contributed by atoms with van der Waals surface area (Å²) in [5, 5.41) is 27.6. The van der Waals surface area contributed by atoms with Crippen LogP contribution in [0, 0.1) is 16.7 Å². The lowest BCUT2D eigenvalue weighted by molar-refractivity contribution is -0.144. The molecule has 0 spiro atoms. The van der Waals surface area contributed by atoms with Crippen molar-refractivity contribution in [3.63, 3.8) is 0 Å². The van der Waals surface area contributed by atoms with Crippen LogP contribution in [0.4, 0.5) is 9.93 Å². The van der Waals surface area contributed by atoms with Gasteiger partial charge >= 0.3 is 6.09 Å². The molecule has 34 heavy (non-hydrogen) atoms. The summed E-state index contributed by atoms with van der Waals surface area (Å²) in [6, 6.07) is 0.238. The maximum atomic E-state index is 13.2. The molecule has 1 aromatic heterocycles. The van der Waals surface area contributed by atoms with Gasteiger partial charge in [0.25, 0.3) is 0 Å². The second-order valence-corrected chi connectivity index (χ2v) is 11.7. The molecule has 0 saturated heterocycles. The van der Waals surface area contributed by atoms with E-state index < -0.39 is 17.6 Å². The molecule has 0 aliphatic heterocycles. The van der Waals surface area contributed by atoms with Crippen LogP contribution in [0.25, 0.3) is 0 Å². The molecule has 1 aromatic rings. The van der Waals surface area contributed by atoms with Crippen LogP contribution in [-0.4, -0.2) is 52.6 Å². The molecular formula is C25H37N3O5S. The summed E-state index contributed by atoms with van der Waals surface area (Å²) in [5.74, 6) is -0.168. The normalized spacial score (nSPS) is 33.0. The van der Waals surface area contributed by atoms with E-state index in [-0.39, 0.29) is 42.4 Å². The highest BCUT2D eigenvalue weighted by Crippen LogP contribution is 2.62. The molecule has 188 valence electrons. The van der Waals surface area contributed by atoms with Gasteiger partial charge in [0.1, 0.15) is 6.61 Å². The second-order valence-electron chi connectivity index (χ2n) is 10.6. The van der Waals surface area contributed by atoms with E-state index in [4.69, 9.17) is 9.72 Å². The number of rotatable bonds is 7. The van der Waals surface area contributed by atoms with Crippen molar-refractivity contribution in [1.29, 1.82) is 0 Å². The van der Waals surface area contributed by atoms with E-state index in [9.17, 15) is 19.8 Å². The number of carbonyl (C=O) groups is 2. The molecule has 4 N–H and O–H groups in total. The minimum Gasteiger partial charge on any atom is -0.445 e. The van der Waals surface area contributed by atoms with E-state index in [1.165, 1.54) is 17.4 Å². The zero-order chi connectivity index (χ0) is 24.5. The minimum absolute atomic E-state index is 0.0217. The van der Waals surface area contributed by atoms with Crippen molar-refractivity contribution in [2.45, 2.75) is 83.3 Å². The first kappa shape index (κ1) is 25.1. The summed E-state index contributed by atoms with van der Waals surface area (Å²) < 4.78 is 5.04. The number of aliphatic hydroxyl groups excluding tert-OH is 2. The first-order chi connectivity index (χ1) is 16.2. The molecule has 5 atom stereocenters. The van der Waals surface area contributed by atoms with Crippen LogP contribution in [-0.2, 0) is 16.0 Å². The van der Waals surface area contributed by atoms with Crippen LogP contribution in [0.15, 0.2) is 12.7 Å². The van der Waals surface area contributed by atoms with Gasteiger partial charge in [-0.15, -0.1) is 11.3 Å². The van der Waals surface area contributed by atoms with E-state index in [2.05, 4.69) is 24.1 Å². The molecule has 0 aromatic carbocycles. The Morgan fingerprint density at radius 2 is 2.03 bits per heavy atom. The summed E-state index contributed by atoms with van der Waals surface area (Å²) in [6.07, 6.45) is 6.90. The van der Waals surface area contributed by atoms with E-state index in [1.807, 2.05) is 6.92 Å². The van der Waals surface area contributed by atoms with Gasteiger partial charge in [-0.3, -0.25) is 10.1 Å². The molecule has 1 heterocycles. The van der Waals surface area contributed by atoms with Gasteiger partial charge in [0, 0.05) is 28.7 Å². The molecule has 2 saturated carbocycles. The predicted molar refractivity (Wildman–Crippen MR) is 131 cm³/mol. The lowest BCUT2D eigenvalue weighted by Gasteiger charge is -2.58. The quantitative estimate of drug-likeness (QED) is 0.431. The van der Waals surface area contributed by atoms with Crippen molar-refractivity contribution in [3.8, 4) is 0 Å². The monoisotopic (exact) mass is 491 g/mol. The van der Waals surface area contributed by atoms with Gasteiger partial charge in [-0.1, -0.05) is 39.3 Å². The first-order valence-corrected chi connectivity index (χ1v) is 13.2. The Morgan fingerprint density at radius 1 is 1.29 bits per heavy atom. The Kier molecular flexibility index (Phi) is 7.36. The predicted octanol–water partition coefficient (Wildman–Crippen LogP) is 3.74. The zero-order valence-corrected chi connectivity index (χ0v) is 21.0. The molecule has 3 aliphatic rings. The Labute approximate surface area is 205 Å². The van der Waals surface area contributed by atoms with Gasteiger partial charge in [0.05, 0.1) is 18.4 Å². The number of nitrogens with one attached hydrogen (secondary N) is 2. The van der Waals surface area contributed by atoms with E-state index in [0.717, 1.165) is 42.7 Å². The molecular weight excluding hydrogens is 454 g/mol. The smallest absolute Gasteiger partial charge is 0.413 e. The van der Waals surface area contributed by atoms with Crippen LogP contribution in [0.2, 0.25) is 0 Å². The van der Waals surface area contributed by atoms with Crippen molar-refractivity contribution in [2.24, 2.45) is 16.7 Å². The van der Waals surface area contributed by atoms with Gasteiger partial charge in [-0.25, -0.2) is 9.78 Å². The molecule has 4 rings (SSSR count). The largest absolute Gasteiger partial charge is 0.445 e.